The lowest BCUT2D eigenvalue weighted by atomic mass is 9.83. The first kappa shape index (κ1) is 28.3. The maximum atomic E-state index is 13.5. The molecule has 2 bridgehead atoms. The van der Waals surface area contributed by atoms with Gasteiger partial charge in [0, 0.05) is 40.9 Å². The predicted molar refractivity (Wildman–Crippen MR) is 150 cm³/mol. The van der Waals surface area contributed by atoms with Gasteiger partial charge < -0.3 is 14.0 Å². The summed E-state index contributed by atoms with van der Waals surface area (Å²) in [6.45, 7) is 0.133. The number of ether oxygens (including phenoxy) is 2. The second-order valence-corrected chi connectivity index (χ2v) is 13.4. The third-order valence-corrected chi connectivity index (χ3v) is 10.4. The summed E-state index contributed by atoms with van der Waals surface area (Å²) in [6, 6.07) is 12.7. The van der Waals surface area contributed by atoms with Gasteiger partial charge in [0.15, 0.2) is 0 Å². The van der Waals surface area contributed by atoms with Gasteiger partial charge in [-0.05, 0) is 80.0 Å². The van der Waals surface area contributed by atoms with Gasteiger partial charge in [-0.2, -0.15) is 0 Å². The van der Waals surface area contributed by atoms with Gasteiger partial charge in [-0.1, -0.05) is 29.4 Å². The number of alkyl halides is 3. The number of sulfonamides is 1. The van der Waals surface area contributed by atoms with E-state index >= 15 is 0 Å². The van der Waals surface area contributed by atoms with Crippen molar-refractivity contribution in [3.05, 3.63) is 72.2 Å². The molecular weight excluding hydrogens is 583 g/mol. The highest BCUT2D eigenvalue weighted by atomic mass is 32.2. The molecule has 43 heavy (non-hydrogen) atoms. The van der Waals surface area contributed by atoms with E-state index in [-0.39, 0.29) is 58.4 Å². The lowest BCUT2D eigenvalue weighted by molar-refractivity contribution is -0.274. The molecule has 2 aromatic heterocycles. The van der Waals surface area contributed by atoms with Crippen LogP contribution < -0.4 is 9.46 Å². The monoisotopic (exact) mass is 613 g/mol. The Morgan fingerprint density at radius 2 is 1.74 bits per heavy atom. The Hall–Kier alpha value is -3.48. The van der Waals surface area contributed by atoms with E-state index in [1.54, 1.807) is 36.7 Å². The van der Waals surface area contributed by atoms with Crippen LogP contribution >= 0.6 is 0 Å². The van der Waals surface area contributed by atoms with Crippen molar-refractivity contribution in [3.8, 4) is 17.0 Å². The van der Waals surface area contributed by atoms with Gasteiger partial charge in [-0.3, -0.25) is 4.98 Å². The lowest BCUT2D eigenvalue weighted by Crippen LogP contribution is -2.46. The van der Waals surface area contributed by atoms with Gasteiger partial charge in [-0.25, -0.2) is 13.1 Å². The minimum absolute atomic E-state index is 0.109. The molecule has 0 spiro atoms. The van der Waals surface area contributed by atoms with E-state index in [0.717, 1.165) is 31.1 Å². The second-order valence-electron chi connectivity index (χ2n) is 11.7. The summed E-state index contributed by atoms with van der Waals surface area (Å²) in [4.78, 5) is 4.34. The van der Waals surface area contributed by atoms with Gasteiger partial charge in [-0.15, -0.1) is 13.2 Å². The van der Waals surface area contributed by atoms with Crippen molar-refractivity contribution in [2.45, 2.75) is 74.5 Å². The van der Waals surface area contributed by atoms with Crippen molar-refractivity contribution in [2.75, 3.05) is 0 Å². The van der Waals surface area contributed by atoms with Gasteiger partial charge in [0.25, 0.3) is 0 Å². The van der Waals surface area contributed by atoms with Crippen LogP contribution in [0.3, 0.4) is 0 Å². The second kappa shape index (κ2) is 10.9. The zero-order chi connectivity index (χ0) is 29.8. The van der Waals surface area contributed by atoms with E-state index in [9.17, 15) is 21.6 Å². The predicted octanol–water partition coefficient (Wildman–Crippen LogP) is 6.72. The van der Waals surface area contributed by atoms with Crippen LogP contribution in [-0.4, -0.2) is 37.1 Å². The van der Waals surface area contributed by atoms with E-state index < -0.39 is 16.4 Å². The van der Waals surface area contributed by atoms with Crippen molar-refractivity contribution in [2.24, 2.45) is 11.8 Å². The van der Waals surface area contributed by atoms with Gasteiger partial charge in [0.1, 0.15) is 17.2 Å². The largest absolute Gasteiger partial charge is 0.573 e. The molecule has 0 saturated heterocycles. The Morgan fingerprint density at radius 1 is 0.977 bits per heavy atom. The first-order valence-electron chi connectivity index (χ1n) is 14.5. The van der Waals surface area contributed by atoms with E-state index in [0.29, 0.717) is 29.6 Å². The molecule has 12 heteroatoms. The number of pyridine rings is 1. The molecule has 4 aromatic rings. The van der Waals surface area contributed by atoms with Gasteiger partial charge in [0.05, 0.1) is 17.6 Å². The molecule has 2 heterocycles. The molecule has 2 aromatic carbocycles. The Bertz CT molecular complexity index is 1740. The van der Waals surface area contributed by atoms with Crippen molar-refractivity contribution >= 4 is 20.8 Å². The van der Waals surface area contributed by atoms with Crippen LogP contribution in [-0.2, 0) is 21.4 Å². The maximum Gasteiger partial charge on any atom is 0.573 e. The van der Waals surface area contributed by atoms with Crippen LogP contribution in [0.25, 0.3) is 22.0 Å². The Labute approximate surface area is 246 Å². The maximum absolute atomic E-state index is 13.5. The van der Waals surface area contributed by atoms with Crippen molar-refractivity contribution in [1.82, 2.24) is 14.9 Å². The van der Waals surface area contributed by atoms with E-state index in [1.807, 2.05) is 6.07 Å². The first-order valence-corrected chi connectivity index (χ1v) is 15.9. The molecule has 0 amide bonds. The van der Waals surface area contributed by atoms with Crippen LogP contribution in [0.4, 0.5) is 13.2 Å². The minimum Gasteiger partial charge on any atom is -0.405 e. The number of hydrogen-bond acceptors (Lipinski definition) is 7. The average molecular weight is 614 g/mol. The molecule has 1 N–H and O–H groups in total. The van der Waals surface area contributed by atoms with Gasteiger partial charge >= 0.3 is 6.36 Å². The number of rotatable bonds is 9. The summed E-state index contributed by atoms with van der Waals surface area (Å²) in [7, 11) is -3.78. The van der Waals surface area contributed by atoms with E-state index in [2.05, 4.69) is 19.6 Å². The molecule has 3 aliphatic carbocycles. The fourth-order valence-electron chi connectivity index (χ4n) is 6.78. The van der Waals surface area contributed by atoms with Crippen LogP contribution in [0, 0.1) is 11.8 Å². The number of nitrogens with zero attached hydrogens (tertiary/aromatic N) is 2. The fraction of sp³-hybridized carbons (Fsp3) is 0.419. The molecule has 2 atom stereocenters. The van der Waals surface area contributed by atoms with Crippen LogP contribution in [0.15, 0.2) is 70.3 Å². The number of fused-ring (bicyclic) bond motifs is 3. The third kappa shape index (κ3) is 5.75. The Kier molecular flexibility index (Phi) is 7.18. The van der Waals surface area contributed by atoms with Crippen molar-refractivity contribution in [1.29, 1.82) is 0 Å². The molecule has 0 radical (unpaired) electrons. The molecule has 2 unspecified atom stereocenters. The molecule has 7 rings (SSSR count). The summed E-state index contributed by atoms with van der Waals surface area (Å²) >= 11 is 0. The first-order chi connectivity index (χ1) is 20.7. The molecule has 0 aliphatic heterocycles. The third-order valence-electron chi connectivity index (χ3n) is 8.88. The number of benzene rings is 2. The lowest BCUT2D eigenvalue weighted by Gasteiger charge is -2.35. The SMILES string of the molecule is O=S(=O)(NC1C2CCC1CC(OCc1c(-c3ccccc3OC(F)(F)F)noc1C1CC1)C2)c1cccc2ccncc12. The summed E-state index contributed by atoms with van der Waals surface area (Å²) < 4.78 is 85.7. The summed E-state index contributed by atoms with van der Waals surface area (Å²) in [5.41, 5.74) is 1.12. The quantitative estimate of drug-likeness (QED) is 0.224. The summed E-state index contributed by atoms with van der Waals surface area (Å²) in [5.74, 6) is 0.682. The van der Waals surface area contributed by atoms with Crippen molar-refractivity contribution in [3.63, 3.8) is 0 Å². The Morgan fingerprint density at radius 3 is 2.49 bits per heavy atom. The van der Waals surface area contributed by atoms with E-state index in [4.69, 9.17) is 9.26 Å². The van der Waals surface area contributed by atoms with Crippen LogP contribution in [0.5, 0.6) is 5.75 Å². The van der Waals surface area contributed by atoms with Crippen LogP contribution in [0.1, 0.15) is 55.8 Å². The number of aromatic nitrogens is 2. The zero-order valence-electron chi connectivity index (χ0n) is 23.1. The zero-order valence-corrected chi connectivity index (χ0v) is 23.9. The van der Waals surface area contributed by atoms with Crippen molar-refractivity contribution < 1.29 is 35.6 Å². The molecule has 8 nitrogen and oxygen atoms in total. The standard InChI is InChI=1S/C31H30F3N3O5S/c32-31(33,34)41-26-6-2-1-5-23(26)29-25(30(42-36-29)19-8-9-19)17-40-22-14-20-10-11-21(15-22)28(20)37-43(38,39)27-7-3-4-18-12-13-35-16-24(18)27/h1-7,12-13,16,19-22,28,37H,8-11,14-15,17H2. The fourth-order valence-corrected chi connectivity index (χ4v) is 8.37. The summed E-state index contributed by atoms with van der Waals surface area (Å²) in [6.07, 6.45) is 3.21. The van der Waals surface area contributed by atoms with Gasteiger partial charge in [0.2, 0.25) is 10.0 Å². The number of nitrogens with one attached hydrogen (secondary N) is 1. The highest BCUT2D eigenvalue weighted by molar-refractivity contribution is 7.89. The van der Waals surface area contributed by atoms with Crippen LogP contribution in [0.2, 0.25) is 0 Å². The van der Waals surface area contributed by atoms with E-state index in [1.165, 1.54) is 18.2 Å². The molecule has 3 fully saturated rings. The Balaban J connectivity index is 1.07. The smallest absolute Gasteiger partial charge is 0.405 e. The highest BCUT2D eigenvalue weighted by Crippen LogP contribution is 2.47. The molecule has 3 saturated carbocycles. The normalized spacial score (nSPS) is 24.0. The topological polar surface area (TPSA) is 104 Å². The molecular formula is C31H30F3N3O5S. The summed E-state index contributed by atoms with van der Waals surface area (Å²) in [5, 5.41) is 5.56. The average Bonchev–Trinajstić information content (AvgIpc) is 3.69. The highest BCUT2D eigenvalue weighted by Gasteiger charge is 2.45. The number of hydrogen-bond donors (Lipinski definition) is 1. The molecule has 226 valence electrons. The minimum atomic E-state index is -4.85. The number of halogens is 3. The molecule has 3 aliphatic rings. The number of para-hydroxylation sites is 1.